The highest BCUT2D eigenvalue weighted by atomic mass is 79.9. The number of alkyl halides is 2. The van der Waals surface area contributed by atoms with Crippen LogP contribution in [0.2, 0.25) is 0 Å². The Kier molecular flexibility index (Phi) is 5.09. The molecule has 0 aliphatic rings. The van der Waals surface area contributed by atoms with E-state index in [0.717, 1.165) is 5.56 Å². The van der Waals surface area contributed by atoms with Gasteiger partial charge in [-0.1, -0.05) is 73.8 Å². The standard InChI is InChI=1S/C18H13Br3O2/c1-10-6-8-11(9-7-10)14(19)15(20)18-16(21)17(22)12-4-2-3-5-13(12)23-18/h2-9,14-15H,1H3/t14-,15-/m1/s1. The highest BCUT2D eigenvalue weighted by Crippen LogP contribution is 2.44. The lowest BCUT2D eigenvalue weighted by molar-refractivity contribution is 0.527. The molecule has 3 aromatic rings. The van der Waals surface area contributed by atoms with Crippen molar-refractivity contribution in [3.8, 4) is 0 Å². The van der Waals surface area contributed by atoms with Crippen molar-refractivity contribution in [2.24, 2.45) is 0 Å². The van der Waals surface area contributed by atoms with Gasteiger partial charge in [0.2, 0.25) is 5.43 Å². The number of hydrogen-bond donors (Lipinski definition) is 0. The molecule has 1 aromatic heterocycles. The Morgan fingerprint density at radius 3 is 2.30 bits per heavy atom. The van der Waals surface area contributed by atoms with E-state index >= 15 is 0 Å². The molecule has 2 aromatic carbocycles. The molecule has 0 saturated heterocycles. The Bertz CT molecular complexity index is 900. The van der Waals surface area contributed by atoms with E-state index in [1.165, 1.54) is 5.56 Å². The maximum absolute atomic E-state index is 12.5. The summed E-state index contributed by atoms with van der Waals surface area (Å²) in [5, 5.41) is 0.573. The van der Waals surface area contributed by atoms with Crippen LogP contribution in [0, 0.1) is 6.92 Å². The molecule has 0 fully saturated rings. The topological polar surface area (TPSA) is 30.2 Å². The van der Waals surface area contributed by atoms with Crippen molar-refractivity contribution in [3.63, 3.8) is 0 Å². The van der Waals surface area contributed by atoms with Gasteiger partial charge >= 0.3 is 0 Å². The minimum Gasteiger partial charge on any atom is -0.458 e. The molecular weight excluding hydrogens is 488 g/mol. The van der Waals surface area contributed by atoms with Crippen molar-refractivity contribution >= 4 is 58.8 Å². The Labute approximate surface area is 159 Å². The molecular formula is C18H13Br3O2. The van der Waals surface area contributed by atoms with E-state index in [9.17, 15) is 4.79 Å². The van der Waals surface area contributed by atoms with E-state index in [-0.39, 0.29) is 15.1 Å². The van der Waals surface area contributed by atoms with Gasteiger partial charge in [0.25, 0.3) is 0 Å². The van der Waals surface area contributed by atoms with Crippen molar-refractivity contribution < 1.29 is 4.42 Å². The maximum Gasteiger partial charge on any atom is 0.207 e. The average molecular weight is 501 g/mol. The molecule has 0 bridgehead atoms. The van der Waals surface area contributed by atoms with Gasteiger partial charge in [0.1, 0.15) is 15.8 Å². The van der Waals surface area contributed by atoms with Gasteiger partial charge in [-0.15, -0.1) is 0 Å². The number of benzene rings is 2. The Balaban J connectivity index is 2.06. The molecule has 118 valence electrons. The van der Waals surface area contributed by atoms with Crippen molar-refractivity contribution in [2.45, 2.75) is 16.6 Å². The first-order valence-electron chi connectivity index (χ1n) is 7.05. The van der Waals surface area contributed by atoms with Crippen LogP contribution in [0.25, 0.3) is 11.0 Å². The molecule has 0 N–H and O–H groups in total. The molecule has 2 atom stereocenters. The number of para-hydroxylation sites is 1. The van der Waals surface area contributed by atoms with Crippen LogP contribution in [-0.4, -0.2) is 0 Å². The van der Waals surface area contributed by atoms with Crippen molar-refractivity contribution in [1.29, 1.82) is 0 Å². The molecule has 3 rings (SSSR count). The second-order valence-electron chi connectivity index (χ2n) is 5.32. The first kappa shape index (κ1) is 16.9. The van der Waals surface area contributed by atoms with Gasteiger partial charge in [-0.05, 0) is 40.5 Å². The molecule has 1 heterocycles. The predicted molar refractivity (Wildman–Crippen MR) is 105 cm³/mol. The van der Waals surface area contributed by atoms with Crippen LogP contribution in [0.3, 0.4) is 0 Å². The zero-order valence-electron chi connectivity index (χ0n) is 12.2. The van der Waals surface area contributed by atoms with E-state index in [1.54, 1.807) is 6.07 Å². The van der Waals surface area contributed by atoms with Crippen LogP contribution >= 0.6 is 47.8 Å². The van der Waals surface area contributed by atoms with Gasteiger partial charge in [0, 0.05) is 0 Å². The number of fused-ring (bicyclic) bond motifs is 1. The number of aryl methyl sites for hydroxylation is 1. The quantitative estimate of drug-likeness (QED) is 0.387. The highest BCUT2D eigenvalue weighted by molar-refractivity contribution is 9.12. The molecule has 0 aliphatic carbocycles. The van der Waals surface area contributed by atoms with Gasteiger partial charge in [-0.2, -0.15) is 0 Å². The van der Waals surface area contributed by atoms with Crippen LogP contribution in [0.1, 0.15) is 26.5 Å². The lowest BCUT2D eigenvalue weighted by Gasteiger charge is -2.18. The molecule has 0 aliphatic heterocycles. The van der Waals surface area contributed by atoms with E-state index in [1.807, 2.05) is 18.2 Å². The van der Waals surface area contributed by atoms with Gasteiger partial charge in [-0.3, -0.25) is 4.79 Å². The van der Waals surface area contributed by atoms with Crippen LogP contribution in [0.5, 0.6) is 0 Å². The fourth-order valence-electron chi connectivity index (χ4n) is 2.37. The summed E-state index contributed by atoms with van der Waals surface area (Å²) in [6.07, 6.45) is 0. The summed E-state index contributed by atoms with van der Waals surface area (Å²) in [6.45, 7) is 2.05. The second-order valence-corrected chi connectivity index (χ2v) is 8.09. The zero-order chi connectivity index (χ0) is 16.6. The summed E-state index contributed by atoms with van der Waals surface area (Å²) in [6, 6.07) is 15.5. The average Bonchev–Trinajstić information content (AvgIpc) is 2.57. The van der Waals surface area contributed by atoms with Crippen LogP contribution < -0.4 is 5.43 Å². The van der Waals surface area contributed by atoms with Gasteiger partial charge in [0.15, 0.2) is 0 Å². The van der Waals surface area contributed by atoms with Crippen LogP contribution in [0.4, 0.5) is 0 Å². The molecule has 0 radical (unpaired) electrons. The monoisotopic (exact) mass is 498 g/mol. The molecule has 0 saturated carbocycles. The van der Waals surface area contributed by atoms with Gasteiger partial charge in [-0.25, -0.2) is 0 Å². The second kappa shape index (κ2) is 6.91. The maximum atomic E-state index is 12.5. The van der Waals surface area contributed by atoms with Crippen molar-refractivity contribution in [1.82, 2.24) is 0 Å². The fourth-order valence-corrected chi connectivity index (χ4v) is 4.39. The van der Waals surface area contributed by atoms with E-state index < -0.39 is 0 Å². The van der Waals surface area contributed by atoms with E-state index in [2.05, 4.69) is 79.0 Å². The summed E-state index contributed by atoms with van der Waals surface area (Å²) in [7, 11) is 0. The summed E-state index contributed by atoms with van der Waals surface area (Å²) in [4.78, 5) is 12.3. The molecule has 0 amide bonds. The van der Waals surface area contributed by atoms with Crippen molar-refractivity contribution in [3.05, 3.63) is 80.1 Å². The molecule has 0 unspecified atom stereocenters. The molecule has 23 heavy (non-hydrogen) atoms. The number of halogens is 3. The largest absolute Gasteiger partial charge is 0.458 e. The third-order valence-electron chi connectivity index (χ3n) is 3.67. The van der Waals surface area contributed by atoms with E-state index in [0.29, 0.717) is 21.2 Å². The zero-order valence-corrected chi connectivity index (χ0v) is 17.0. The van der Waals surface area contributed by atoms with Gasteiger partial charge in [0.05, 0.1) is 15.0 Å². The van der Waals surface area contributed by atoms with E-state index in [4.69, 9.17) is 4.42 Å². The lowest BCUT2D eigenvalue weighted by Crippen LogP contribution is -2.09. The van der Waals surface area contributed by atoms with Crippen molar-refractivity contribution in [2.75, 3.05) is 0 Å². The number of rotatable bonds is 3. The lowest BCUT2D eigenvalue weighted by atomic mass is 10.1. The minimum atomic E-state index is -0.183. The Morgan fingerprint density at radius 2 is 1.61 bits per heavy atom. The third kappa shape index (κ3) is 3.32. The fraction of sp³-hybridized carbons (Fsp3) is 0.167. The normalized spacial score (nSPS) is 13.9. The Hall–Kier alpha value is -0.910. The smallest absolute Gasteiger partial charge is 0.207 e. The predicted octanol–water partition coefficient (Wildman–Crippen LogP) is 6.44. The minimum absolute atomic E-state index is 0.0243. The first-order chi connectivity index (χ1) is 11.0. The SMILES string of the molecule is Cc1ccc([C@@H](Br)[C@@H](Br)c2oc3ccccc3c(=O)c2Br)cc1. The molecule has 5 heteroatoms. The van der Waals surface area contributed by atoms with Gasteiger partial charge < -0.3 is 4.42 Å². The van der Waals surface area contributed by atoms with Crippen LogP contribution in [-0.2, 0) is 0 Å². The Morgan fingerprint density at radius 1 is 0.957 bits per heavy atom. The molecule has 0 spiro atoms. The summed E-state index contributed by atoms with van der Waals surface area (Å²) in [5.74, 6) is 0.580. The third-order valence-corrected chi connectivity index (χ3v) is 7.13. The summed E-state index contributed by atoms with van der Waals surface area (Å²) >= 11 is 10.8. The van der Waals surface area contributed by atoms with Crippen LogP contribution in [0.15, 0.2) is 62.2 Å². The molecule has 2 nitrogen and oxygen atoms in total. The summed E-state index contributed by atoms with van der Waals surface area (Å²) in [5.41, 5.74) is 2.84. The first-order valence-corrected chi connectivity index (χ1v) is 9.67. The summed E-state index contributed by atoms with van der Waals surface area (Å²) < 4.78 is 6.43. The number of hydrogen-bond acceptors (Lipinski definition) is 2. The highest BCUT2D eigenvalue weighted by Gasteiger charge is 2.26.